The van der Waals surface area contributed by atoms with E-state index in [4.69, 9.17) is 4.74 Å². The van der Waals surface area contributed by atoms with Gasteiger partial charge < -0.3 is 10.1 Å². The highest BCUT2D eigenvalue weighted by Gasteiger charge is 2.61. The number of carbonyl (C=O) groups is 3. The number of ether oxygens (including phenoxy) is 1. The fourth-order valence-electron chi connectivity index (χ4n) is 6.29. The predicted octanol–water partition coefficient (Wildman–Crippen LogP) is 3.57. The molecule has 1 aromatic heterocycles. The van der Waals surface area contributed by atoms with E-state index in [1.54, 1.807) is 18.3 Å². The summed E-state index contributed by atoms with van der Waals surface area (Å²) in [5.74, 6) is 0.515. The monoisotopic (exact) mass is 389 g/mol. The molecular weight excluding hydrogens is 362 g/mol. The van der Waals surface area contributed by atoms with Crippen molar-refractivity contribution in [3.8, 4) is 0 Å². The first-order valence-corrected chi connectivity index (χ1v) is 10.6. The van der Waals surface area contributed by atoms with Crippen molar-refractivity contribution in [3.05, 3.63) is 21.4 Å². The van der Waals surface area contributed by atoms with Crippen molar-refractivity contribution in [3.63, 3.8) is 0 Å². The van der Waals surface area contributed by atoms with Gasteiger partial charge >= 0.3 is 5.97 Å². The molecule has 0 spiro atoms. The molecule has 2 atom stereocenters. The molecule has 146 valence electrons. The molecule has 4 fully saturated rings. The smallest absolute Gasteiger partial charge is 0.312 e. The SMILES string of the molecule is CC(=O)NC12C[C@H]3C[C@H](C1)CC(C(=O)OCC(=O)c1cc(C)sc1C)(C3)C2. The maximum absolute atomic E-state index is 13.1. The molecule has 1 aromatic rings. The number of rotatable bonds is 5. The summed E-state index contributed by atoms with van der Waals surface area (Å²) in [7, 11) is 0. The van der Waals surface area contributed by atoms with Gasteiger partial charge in [0, 0.05) is 27.8 Å². The number of esters is 1. The van der Waals surface area contributed by atoms with Crippen molar-refractivity contribution in [1.29, 1.82) is 0 Å². The molecule has 0 aliphatic heterocycles. The van der Waals surface area contributed by atoms with Crippen molar-refractivity contribution in [1.82, 2.24) is 5.32 Å². The molecule has 4 aliphatic carbocycles. The topological polar surface area (TPSA) is 72.5 Å². The molecule has 1 heterocycles. The zero-order valence-corrected chi connectivity index (χ0v) is 17.0. The number of hydrogen-bond acceptors (Lipinski definition) is 5. The maximum Gasteiger partial charge on any atom is 0.312 e. The highest BCUT2D eigenvalue weighted by molar-refractivity contribution is 7.12. The number of carbonyl (C=O) groups excluding carboxylic acids is 3. The molecule has 4 aliphatic rings. The summed E-state index contributed by atoms with van der Waals surface area (Å²) >= 11 is 1.58. The minimum atomic E-state index is -0.535. The Balaban J connectivity index is 1.47. The highest BCUT2D eigenvalue weighted by atomic mass is 32.1. The van der Waals surface area contributed by atoms with Crippen LogP contribution in [0.25, 0.3) is 0 Å². The van der Waals surface area contributed by atoms with Gasteiger partial charge in [-0.2, -0.15) is 0 Å². The molecule has 0 aromatic carbocycles. The largest absolute Gasteiger partial charge is 0.457 e. The van der Waals surface area contributed by atoms with Gasteiger partial charge in [0.1, 0.15) is 0 Å². The zero-order valence-electron chi connectivity index (χ0n) is 16.2. The van der Waals surface area contributed by atoms with E-state index in [-0.39, 0.29) is 29.8 Å². The van der Waals surface area contributed by atoms with Crippen LogP contribution in [0.15, 0.2) is 6.07 Å². The first-order chi connectivity index (χ1) is 12.7. The van der Waals surface area contributed by atoms with Crippen molar-refractivity contribution in [2.45, 2.75) is 64.8 Å². The number of nitrogens with one attached hydrogen (secondary N) is 1. The Morgan fingerprint density at radius 1 is 1.19 bits per heavy atom. The van der Waals surface area contributed by atoms with Crippen molar-refractivity contribution in [2.75, 3.05) is 6.61 Å². The van der Waals surface area contributed by atoms with Crippen LogP contribution in [-0.4, -0.2) is 29.8 Å². The number of amides is 1. The van der Waals surface area contributed by atoms with Crippen LogP contribution in [0.5, 0.6) is 0 Å². The number of hydrogen-bond donors (Lipinski definition) is 1. The fraction of sp³-hybridized carbons (Fsp3) is 0.667. The zero-order chi connectivity index (χ0) is 19.4. The van der Waals surface area contributed by atoms with Crippen LogP contribution in [0.2, 0.25) is 0 Å². The van der Waals surface area contributed by atoms with Crippen molar-refractivity contribution < 1.29 is 19.1 Å². The normalized spacial score (nSPS) is 33.7. The summed E-state index contributed by atoms with van der Waals surface area (Å²) in [5.41, 5.74) is -0.141. The van der Waals surface area contributed by atoms with Gasteiger partial charge in [-0.15, -0.1) is 11.3 Å². The summed E-state index contributed by atoms with van der Waals surface area (Å²) in [6.45, 7) is 5.24. The van der Waals surface area contributed by atoms with E-state index in [1.165, 1.54) is 0 Å². The lowest BCUT2D eigenvalue weighted by Crippen LogP contribution is -2.64. The minimum Gasteiger partial charge on any atom is -0.457 e. The number of Topliss-reactive ketones (excluding diaryl/α,β-unsaturated/α-hetero) is 1. The number of thiophene rings is 1. The molecule has 0 saturated heterocycles. The molecular formula is C21H27NO4S. The van der Waals surface area contributed by atoms with Crippen LogP contribution in [0.4, 0.5) is 0 Å². The van der Waals surface area contributed by atoms with Gasteiger partial charge in [-0.05, 0) is 70.3 Å². The summed E-state index contributed by atoms with van der Waals surface area (Å²) < 4.78 is 5.56. The second-order valence-corrected chi connectivity index (χ2v) is 10.5. The Bertz CT molecular complexity index is 797. The lowest BCUT2D eigenvalue weighted by Gasteiger charge is -2.60. The average Bonchev–Trinajstić information content (AvgIpc) is 2.88. The first-order valence-electron chi connectivity index (χ1n) is 9.77. The van der Waals surface area contributed by atoms with Gasteiger partial charge in [0.05, 0.1) is 5.41 Å². The minimum absolute atomic E-state index is 0.0288. The van der Waals surface area contributed by atoms with Crippen LogP contribution in [0, 0.1) is 31.1 Å². The molecule has 5 rings (SSSR count). The predicted molar refractivity (Wildman–Crippen MR) is 103 cm³/mol. The van der Waals surface area contributed by atoms with E-state index in [9.17, 15) is 14.4 Å². The Kier molecular flexibility index (Phi) is 4.45. The third-order valence-electron chi connectivity index (χ3n) is 6.61. The molecule has 4 saturated carbocycles. The Morgan fingerprint density at radius 2 is 1.85 bits per heavy atom. The maximum atomic E-state index is 13.1. The Labute approximate surface area is 163 Å². The van der Waals surface area contributed by atoms with E-state index >= 15 is 0 Å². The number of aryl methyl sites for hydroxylation is 2. The van der Waals surface area contributed by atoms with E-state index < -0.39 is 5.41 Å². The summed E-state index contributed by atoms with van der Waals surface area (Å²) in [4.78, 5) is 39.3. The third-order valence-corrected chi connectivity index (χ3v) is 7.58. The van der Waals surface area contributed by atoms with Crippen molar-refractivity contribution in [2.24, 2.45) is 17.3 Å². The van der Waals surface area contributed by atoms with E-state index in [0.717, 1.165) is 41.9 Å². The molecule has 5 nitrogen and oxygen atoms in total. The first kappa shape index (κ1) is 18.7. The van der Waals surface area contributed by atoms with E-state index in [1.807, 2.05) is 19.9 Å². The second kappa shape index (κ2) is 6.43. The van der Waals surface area contributed by atoms with Gasteiger partial charge in [-0.25, -0.2) is 0 Å². The van der Waals surface area contributed by atoms with E-state index in [2.05, 4.69) is 5.32 Å². The van der Waals surface area contributed by atoms with Crippen LogP contribution in [0.1, 0.15) is 65.6 Å². The standard InChI is InChI=1S/C21H27NO4S/c1-12-4-17(13(2)27-12)18(24)10-26-19(25)20-6-15-5-16(7-20)9-21(8-15,11-20)22-14(3)23/h4,15-16H,5-11H2,1-3H3,(H,22,23)/t15-,16-,20?,21?/m0/s1. The van der Waals surface area contributed by atoms with Crippen molar-refractivity contribution >= 4 is 29.0 Å². The van der Waals surface area contributed by atoms with Crippen LogP contribution in [-0.2, 0) is 14.3 Å². The summed E-state index contributed by atoms with van der Waals surface area (Å²) in [6, 6.07) is 1.87. The molecule has 4 bridgehead atoms. The van der Waals surface area contributed by atoms with Gasteiger partial charge in [0.15, 0.2) is 6.61 Å². The van der Waals surface area contributed by atoms with Crippen LogP contribution < -0.4 is 5.32 Å². The summed E-state index contributed by atoms with van der Waals surface area (Å²) in [5, 5.41) is 3.16. The molecule has 27 heavy (non-hydrogen) atoms. The molecule has 6 heteroatoms. The Morgan fingerprint density at radius 3 is 2.41 bits per heavy atom. The van der Waals surface area contributed by atoms with Gasteiger partial charge in [-0.1, -0.05) is 0 Å². The van der Waals surface area contributed by atoms with E-state index in [0.29, 0.717) is 23.8 Å². The Hall–Kier alpha value is -1.69. The molecule has 0 unspecified atom stereocenters. The van der Waals surface area contributed by atoms with Gasteiger partial charge in [0.2, 0.25) is 11.7 Å². The number of ketones is 1. The van der Waals surface area contributed by atoms with Crippen LogP contribution in [0.3, 0.4) is 0 Å². The molecule has 1 N–H and O–H groups in total. The van der Waals surface area contributed by atoms with Crippen LogP contribution >= 0.6 is 11.3 Å². The van der Waals surface area contributed by atoms with Gasteiger partial charge in [0.25, 0.3) is 0 Å². The third kappa shape index (κ3) is 3.33. The average molecular weight is 390 g/mol. The highest BCUT2D eigenvalue weighted by Crippen LogP contribution is 2.62. The summed E-state index contributed by atoms with van der Waals surface area (Å²) in [6.07, 6.45) is 5.37. The molecule has 0 radical (unpaired) electrons. The molecule has 1 amide bonds. The second-order valence-electron chi connectivity index (χ2n) is 9.03. The lowest BCUT2D eigenvalue weighted by molar-refractivity contribution is -0.174. The van der Waals surface area contributed by atoms with Gasteiger partial charge in [-0.3, -0.25) is 14.4 Å². The quantitative estimate of drug-likeness (QED) is 0.617. The fourth-order valence-corrected chi connectivity index (χ4v) is 7.23. The lowest BCUT2D eigenvalue weighted by atomic mass is 9.47.